The number of aliphatic hydroxyl groups is 2. The second-order valence-corrected chi connectivity index (χ2v) is 11.0. The molecule has 0 aromatic carbocycles. The Morgan fingerprint density at radius 1 is 1.06 bits per heavy atom. The van der Waals surface area contributed by atoms with Gasteiger partial charge in [-0.3, -0.25) is 0 Å². The SMILES string of the molecule is CC1=C[C@H]2O[C@@H]3[C@H](OC4CCCCO4)[C@@H](O)[C@](C)([C@@]2(CO)C[C@H]1OC1CCCCO1)[C@]31CO1. The van der Waals surface area contributed by atoms with Gasteiger partial charge < -0.3 is 38.6 Å². The van der Waals surface area contributed by atoms with E-state index in [4.69, 9.17) is 28.4 Å². The number of rotatable bonds is 5. The van der Waals surface area contributed by atoms with Gasteiger partial charge in [-0.15, -0.1) is 0 Å². The molecule has 6 aliphatic rings. The molecule has 2 N–H and O–H groups in total. The summed E-state index contributed by atoms with van der Waals surface area (Å²) in [6, 6.07) is 0. The topological polar surface area (TPSA) is 99.1 Å². The van der Waals surface area contributed by atoms with Crippen LogP contribution >= 0.6 is 0 Å². The summed E-state index contributed by atoms with van der Waals surface area (Å²) in [5.74, 6) is 0. The fraction of sp³-hybridized carbons (Fsp3) is 0.920. The van der Waals surface area contributed by atoms with Crippen LogP contribution in [0.5, 0.6) is 0 Å². The minimum atomic E-state index is -0.855. The lowest BCUT2D eigenvalue weighted by atomic mass is 9.51. The van der Waals surface area contributed by atoms with E-state index >= 15 is 0 Å². The smallest absolute Gasteiger partial charge is 0.158 e. The zero-order chi connectivity index (χ0) is 22.8. The molecule has 1 saturated carbocycles. The van der Waals surface area contributed by atoms with Crippen LogP contribution in [0.1, 0.15) is 58.8 Å². The maximum atomic E-state index is 11.8. The number of hydrogen-bond donors (Lipinski definition) is 2. The Kier molecular flexibility index (Phi) is 5.70. The summed E-state index contributed by atoms with van der Waals surface area (Å²) in [6.45, 7) is 5.85. The predicted molar refractivity (Wildman–Crippen MR) is 116 cm³/mol. The fourth-order valence-corrected chi connectivity index (χ4v) is 7.31. The van der Waals surface area contributed by atoms with E-state index in [0.717, 1.165) is 44.1 Å². The van der Waals surface area contributed by atoms with Crippen molar-refractivity contribution in [2.45, 2.75) is 107 Å². The van der Waals surface area contributed by atoms with E-state index in [9.17, 15) is 10.2 Å². The highest BCUT2D eigenvalue weighted by Gasteiger charge is 2.85. The van der Waals surface area contributed by atoms with Crippen molar-refractivity contribution in [2.75, 3.05) is 26.4 Å². The first-order valence-electron chi connectivity index (χ1n) is 12.8. The molecule has 0 amide bonds. The largest absolute Gasteiger partial charge is 0.396 e. The first-order valence-corrected chi connectivity index (χ1v) is 12.8. The van der Waals surface area contributed by atoms with Crippen molar-refractivity contribution in [3.63, 3.8) is 0 Å². The zero-order valence-electron chi connectivity index (χ0n) is 19.7. The van der Waals surface area contributed by atoms with Crippen molar-refractivity contribution >= 4 is 0 Å². The van der Waals surface area contributed by atoms with E-state index in [1.165, 1.54) is 0 Å². The average Bonchev–Trinajstić information content (AvgIpc) is 3.62. The van der Waals surface area contributed by atoms with Gasteiger partial charge in [-0.1, -0.05) is 13.0 Å². The maximum absolute atomic E-state index is 11.8. The molecule has 2 bridgehead atoms. The molecule has 186 valence electrons. The Labute approximate surface area is 195 Å². The number of epoxide rings is 1. The first kappa shape index (κ1) is 22.9. The van der Waals surface area contributed by atoms with Gasteiger partial charge in [0.1, 0.15) is 17.8 Å². The first-order chi connectivity index (χ1) is 15.9. The van der Waals surface area contributed by atoms with Crippen LogP contribution in [0.15, 0.2) is 11.6 Å². The van der Waals surface area contributed by atoms with Gasteiger partial charge in [0.25, 0.3) is 0 Å². The molecule has 4 aliphatic heterocycles. The van der Waals surface area contributed by atoms with Crippen LogP contribution in [0.4, 0.5) is 0 Å². The molecule has 6 rings (SSSR count). The highest BCUT2D eigenvalue weighted by Crippen LogP contribution is 2.71. The van der Waals surface area contributed by atoms with E-state index in [-0.39, 0.29) is 31.4 Å². The van der Waals surface area contributed by atoms with Gasteiger partial charge in [0, 0.05) is 24.0 Å². The summed E-state index contributed by atoms with van der Waals surface area (Å²) in [6.07, 6.45) is 5.58. The summed E-state index contributed by atoms with van der Waals surface area (Å²) >= 11 is 0. The average molecular weight is 467 g/mol. The number of fused-ring (bicyclic) bond motifs is 2. The molecule has 33 heavy (non-hydrogen) atoms. The van der Waals surface area contributed by atoms with Gasteiger partial charge in [-0.25, -0.2) is 0 Å². The minimum absolute atomic E-state index is 0.134. The Morgan fingerprint density at radius 3 is 2.30 bits per heavy atom. The standard InChI is InChI=1S/C25H38O8/c1-15-11-17-24(13-26,12-16(15)31-18-7-3-5-9-28-18)23(2)21(27)20(22(32-17)25(23)14-30-25)33-19-8-4-6-10-29-19/h11,16-22,26-27H,3-10,12-14H2,1-2H3/t16-,17-,18?,19?,20-,21-,22-,23-,24-,25+/m1/s1. The Morgan fingerprint density at radius 2 is 1.73 bits per heavy atom. The number of ether oxygens (including phenoxy) is 6. The lowest BCUT2D eigenvalue weighted by Gasteiger charge is -2.58. The van der Waals surface area contributed by atoms with Gasteiger partial charge >= 0.3 is 0 Å². The van der Waals surface area contributed by atoms with E-state index < -0.39 is 34.7 Å². The molecule has 2 aliphatic carbocycles. The lowest BCUT2D eigenvalue weighted by Crippen LogP contribution is -2.67. The molecule has 5 fully saturated rings. The summed E-state index contributed by atoms with van der Waals surface area (Å²) in [7, 11) is 0. The highest BCUT2D eigenvalue weighted by molar-refractivity contribution is 5.36. The third kappa shape index (κ3) is 3.18. The van der Waals surface area contributed by atoms with Crippen molar-refractivity contribution in [3.8, 4) is 0 Å². The highest BCUT2D eigenvalue weighted by atomic mass is 16.7. The van der Waals surface area contributed by atoms with Crippen LogP contribution in [0.25, 0.3) is 0 Å². The minimum Gasteiger partial charge on any atom is -0.396 e. The van der Waals surface area contributed by atoms with Crippen LogP contribution in [0.2, 0.25) is 0 Å². The second-order valence-electron chi connectivity index (χ2n) is 11.0. The van der Waals surface area contributed by atoms with E-state index in [1.807, 2.05) is 0 Å². The van der Waals surface area contributed by atoms with Gasteiger partial charge in [0.05, 0.1) is 31.5 Å². The van der Waals surface area contributed by atoms with E-state index in [0.29, 0.717) is 26.2 Å². The predicted octanol–water partition coefficient (Wildman–Crippen LogP) is 2.06. The maximum Gasteiger partial charge on any atom is 0.158 e. The third-order valence-electron chi connectivity index (χ3n) is 9.52. The lowest BCUT2D eigenvalue weighted by molar-refractivity contribution is -0.253. The number of aliphatic hydroxyl groups excluding tert-OH is 2. The van der Waals surface area contributed by atoms with Gasteiger partial charge in [-0.05, 0) is 57.4 Å². The molecule has 4 heterocycles. The summed E-state index contributed by atoms with van der Waals surface area (Å²) in [5.41, 5.74) is -1.11. The molecule has 8 nitrogen and oxygen atoms in total. The van der Waals surface area contributed by atoms with E-state index in [1.54, 1.807) is 0 Å². The van der Waals surface area contributed by atoms with Gasteiger partial charge in [-0.2, -0.15) is 0 Å². The molecule has 0 aromatic rings. The molecule has 1 spiro atoms. The molecule has 4 saturated heterocycles. The molecule has 10 atom stereocenters. The molecule has 0 aromatic heterocycles. The van der Waals surface area contributed by atoms with Crippen molar-refractivity contribution in [1.82, 2.24) is 0 Å². The summed E-state index contributed by atoms with van der Waals surface area (Å²) < 4.78 is 37.2. The number of hydrogen-bond acceptors (Lipinski definition) is 8. The second kappa shape index (κ2) is 8.23. The monoisotopic (exact) mass is 466 g/mol. The molecule has 8 heteroatoms. The Bertz CT molecular complexity index is 770. The third-order valence-corrected chi connectivity index (χ3v) is 9.52. The fourth-order valence-electron chi connectivity index (χ4n) is 7.31. The van der Waals surface area contributed by atoms with Crippen LogP contribution < -0.4 is 0 Å². The Hall–Kier alpha value is -0.580. The van der Waals surface area contributed by atoms with Crippen LogP contribution in [0, 0.1) is 10.8 Å². The zero-order valence-corrected chi connectivity index (χ0v) is 19.7. The van der Waals surface area contributed by atoms with Gasteiger partial charge in [0.2, 0.25) is 0 Å². The van der Waals surface area contributed by atoms with Gasteiger partial charge in [0.15, 0.2) is 12.6 Å². The van der Waals surface area contributed by atoms with Crippen molar-refractivity contribution < 1.29 is 38.6 Å². The molecular formula is C25H38O8. The normalized spacial score (nSPS) is 53.6. The quantitative estimate of drug-likeness (QED) is 0.469. The van der Waals surface area contributed by atoms with E-state index in [2.05, 4.69) is 19.9 Å². The summed E-state index contributed by atoms with van der Waals surface area (Å²) in [4.78, 5) is 0. The van der Waals surface area contributed by atoms with Crippen LogP contribution in [-0.2, 0) is 28.4 Å². The molecule has 2 unspecified atom stereocenters. The van der Waals surface area contributed by atoms with Crippen LogP contribution in [-0.4, -0.2) is 85.3 Å². The summed E-state index contributed by atoms with van der Waals surface area (Å²) in [5, 5.41) is 22.7. The van der Waals surface area contributed by atoms with Crippen molar-refractivity contribution in [1.29, 1.82) is 0 Å². The van der Waals surface area contributed by atoms with Crippen molar-refractivity contribution in [2.24, 2.45) is 10.8 Å². The van der Waals surface area contributed by atoms with Crippen molar-refractivity contribution in [3.05, 3.63) is 11.6 Å². The Balaban J connectivity index is 1.32. The van der Waals surface area contributed by atoms with Crippen LogP contribution in [0.3, 0.4) is 0 Å². The molecular weight excluding hydrogens is 428 g/mol. The molecule has 0 radical (unpaired) electrons.